The molecule has 120 valence electrons. The third-order valence-corrected chi connectivity index (χ3v) is 4.08. The molecule has 1 aromatic rings. The van der Waals surface area contributed by atoms with Crippen molar-refractivity contribution in [3.05, 3.63) is 34.3 Å². The number of carbonyl (C=O) groups is 2. The SMILES string of the molecule is CC(C)(C)OC(=O)NC1CCN(Cc2ccccc2Br)C1=O. The molecule has 22 heavy (non-hydrogen) atoms. The highest BCUT2D eigenvalue weighted by molar-refractivity contribution is 9.10. The van der Waals surface area contributed by atoms with E-state index >= 15 is 0 Å². The molecular weight excluding hydrogens is 348 g/mol. The van der Waals surface area contributed by atoms with E-state index in [-0.39, 0.29) is 5.91 Å². The summed E-state index contributed by atoms with van der Waals surface area (Å²) in [5.41, 5.74) is 0.481. The normalized spacial score (nSPS) is 18.5. The minimum absolute atomic E-state index is 0.0680. The number of benzene rings is 1. The van der Waals surface area contributed by atoms with Crippen LogP contribution in [-0.4, -0.2) is 35.1 Å². The van der Waals surface area contributed by atoms with E-state index in [0.717, 1.165) is 10.0 Å². The Morgan fingerprint density at radius 3 is 2.73 bits per heavy atom. The Morgan fingerprint density at radius 1 is 1.41 bits per heavy atom. The number of hydrogen-bond donors (Lipinski definition) is 1. The summed E-state index contributed by atoms with van der Waals surface area (Å²) < 4.78 is 6.17. The van der Waals surface area contributed by atoms with Gasteiger partial charge in [-0.1, -0.05) is 34.1 Å². The van der Waals surface area contributed by atoms with Crippen molar-refractivity contribution in [1.29, 1.82) is 0 Å². The second-order valence-electron chi connectivity index (χ2n) is 6.34. The second kappa shape index (κ2) is 6.69. The average molecular weight is 369 g/mol. The zero-order valence-corrected chi connectivity index (χ0v) is 14.6. The van der Waals surface area contributed by atoms with Gasteiger partial charge in [0.1, 0.15) is 11.6 Å². The van der Waals surface area contributed by atoms with Gasteiger partial charge < -0.3 is 15.0 Å². The fourth-order valence-electron chi connectivity index (χ4n) is 2.31. The number of hydrogen-bond acceptors (Lipinski definition) is 3. The van der Waals surface area contributed by atoms with Crippen LogP contribution in [0.1, 0.15) is 32.8 Å². The number of carbonyl (C=O) groups excluding carboxylic acids is 2. The zero-order valence-electron chi connectivity index (χ0n) is 13.1. The van der Waals surface area contributed by atoms with E-state index < -0.39 is 17.7 Å². The van der Waals surface area contributed by atoms with Crippen LogP contribution >= 0.6 is 15.9 Å². The van der Waals surface area contributed by atoms with E-state index in [9.17, 15) is 9.59 Å². The van der Waals surface area contributed by atoms with E-state index in [0.29, 0.717) is 19.5 Å². The molecule has 1 fully saturated rings. The summed E-state index contributed by atoms with van der Waals surface area (Å²) in [6, 6.07) is 7.30. The van der Waals surface area contributed by atoms with Crippen molar-refractivity contribution in [1.82, 2.24) is 10.2 Å². The molecule has 0 saturated carbocycles. The van der Waals surface area contributed by atoms with E-state index in [1.54, 1.807) is 25.7 Å². The van der Waals surface area contributed by atoms with Crippen molar-refractivity contribution in [2.24, 2.45) is 0 Å². The monoisotopic (exact) mass is 368 g/mol. The number of nitrogens with one attached hydrogen (secondary N) is 1. The van der Waals surface area contributed by atoms with E-state index in [4.69, 9.17) is 4.74 Å². The third-order valence-electron chi connectivity index (χ3n) is 3.31. The molecular formula is C16H21BrN2O3. The van der Waals surface area contributed by atoms with Gasteiger partial charge in [-0.15, -0.1) is 0 Å². The van der Waals surface area contributed by atoms with Crippen LogP contribution in [0.5, 0.6) is 0 Å². The van der Waals surface area contributed by atoms with Gasteiger partial charge in [0.25, 0.3) is 0 Å². The largest absolute Gasteiger partial charge is 0.444 e. The highest BCUT2D eigenvalue weighted by Gasteiger charge is 2.33. The molecule has 0 spiro atoms. The lowest BCUT2D eigenvalue weighted by Gasteiger charge is -2.22. The van der Waals surface area contributed by atoms with Gasteiger partial charge >= 0.3 is 6.09 Å². The number of amides is 2. The maximum atomic E-state index is 12.4. The molecule has 0 radical (unpaired) electrons. The lowest BCUT2D eigenvalue weighted by Crippen LogP contribution is -2.43. The number of ether oxygens (including phenoxy) is 1. The highest BCUT2D eigenvalue weighted by atomic mass is 79.9. The van der Waals surface area contributed by atoms with Gasteiger partial charge in [0, 0.05) is 17.6 Å². The van der Waals surface area contributed by atoms with Gasteiger partial charge in [0.2, 0.25) is 5.91 Å². The summed E-state index contributed by atoms with van der Waals surface area (Å²) in [7, 11) is 0. The Hall–Kier alpha value is -1.56. The Balaban J connectivity index is 1.93. The van der Waals surface area contributed by atoms with Gasteiger partial charge in [-0.2, -0.15) is 0 Å². The minimum Gasteiger partial charge on any atom is -0.444 e. The summed E-state index contributed by atoms with van der Waals surface area (Å²) in [6.45, 7) is 6.54. The van der Waals surface area contributed by atoms with Crippen LogP contribution in [0.3, 0.4) is 0 Å². The lowest BCUT2D eigenvalue weighted by molar-refractivity contribution is -0.129. The molecule has 1 N–H and O–H groups in total. The maximum absolute atomic E-state index is 12.4. The predicted octanol–water partition coefficient (Wildman–Crippen LogP) is 3.07. The molecule has 2 amide bonds. The molecule has 1 aliphatic rings. The molecule has 1 atom stereocenters. The fourth-order valence-corrected chi connectivity index (χ4v) is 2.72. The first-order valence-electron chi connectivity index (χ1n) is 7.28. The number of alkyl carbamates (subject to hydrolysis) is 1. The van der Waals surface area contributed by atoms with Crippen molar-refractivity contribution in [3.8, 4) is 0 Å². The molecule has 6 heteroatoms. The van der Waals surface area contributed by atoms with E-state index in [2.05, 4.69) is 21.2 Å². The van der Waals surface area contributed by atoms with Crippen LogP contribution in [0.15, 0.2) is 28.7 Å². The highest BCUT2D eigenvalue weighted by Crippen LogP contribution is 2.21. The Morgan fingerprint density at radius 2 is 2.09 bits per heavy atom. The van der Waals surface area contributed by atoms with Crippen molar-refractivity contribution in [3.63, 3.8) is 0 Å². The molecule has 1 saturated heterocycles. The molecule has 1 aliphatic heterocycles. The molecule has 1 aromatic carbocycles. The third kappa shape index (κ3) is 4.47. The lowest BCUT2D eigenvalue weighted by atomic mass is 10.2. The van der Waals surface area contributed by atoms with Crippen molar-refractivity contribution in [2.45, 2.75) is 45.4 Å². The summed E-state index contributed by atoms with van der Waals surface area (Å²) >= 11 is 3.48. The first-order valence-corrected chi connectivity index (χ1v) is 8.07. The fraction of sp³-hybridized carbons (Fsp3) is 0.500. The van der Waals surface area contributed by atoms with Crippen LogP contribution in [0.4, 0.5) is 4.79 Å². The van der Waals surface area contributed by atoms with Gasteiger partial charge in [-0.25, -0.2) is 4.79 Å². The first-order chi connectivity index (χ1) is 10.3. The zero-order chi connectivity index (χ0) is 16.3. The van der Waals surface area contributed by atoms with Crippen LogP contribution in [0.2, 0.25) is 0 Å². The van der Waals surface area contributed by atoms with E-state index in [1.165, 1.54) is 0 Å². The Bertz CT molecular complexity index is 569. The average Bonchev–Trinajstić information content (AvgIpc) is 2.72. The summed E-state index contributed by atoms with van der Waals surface area (Å²) in [5.74, 6) is -0.0680. The van der Waals surface area contributed by atoms with Gasteiger partial charge in [0.05, 0.1) is 0 Å². The minimum atomic E-state index is -0.569. The van der Waals surface area contributed by atoms with E-state index in [1.807, 2.05) is 24.3 Å². The van der Waals surface area contributed by atoms with Crippen molar-refractivity contribution < 1.29 is 14.3 Å². The van der Waals surface area contributed by atoms with Gasteiger partial charge in [-0.3, -0.25) is 4.79 Å². The molecule has 1 unspecified atom stereocenters. The smallest absolute Gasteiger partial charge is 0.408 e. The van der Waals surface area contributed by atoms with Crippen LogP contribution in [0, 0.1) is 0 Å². The summed E-state index contributed by atoms with van der Waals surface area (Å²) in [5, 5.41) is 2.65. The number of rotatable bonds is 3. The van der Waals surface area contributed by atoms with Crippen LogP contribution < -0.4 is 5.32 Å². The number of likely N-dealkylation sites (tertiary alicyclic amines) is 1. The molecule has 0 aromatic heterocycles. The maximum Gasteiger partial charge on any atom is 0.408 e. The molecule has 0 aliphatic carbocycles. The first kappa shape index (κ1) is 16.8. The van der Waals surface area contributed by atoms with Crippen LogP contribution in [0.25, 0.3) is 0 Å². The standard InChI is InChI=1S/C16H21BrN2O3/c1-16(2,3)22-15(21)18-13-8-9-19(14(13)20)10-11-6-4-5-7-12(11)17/h4-7,13H,8-10H2,1-3H3,(H,18,21). The van der Waals surface area contributed by atoms with Crippen molar-refractivity contribution in [2.75, 3.05) is 6.54 Å². The van der Waals surface area contributed by atoms with Gasteiger partial charge in [-0.05, 0) is 38.8 Å². The molecule has 2 rings (SSSR count). The topological polar surface area (TPSA) is 58.6 Å². The predicted molar refractivity (Wildman–Crippen MR) is 87.3 cm³/mol. The van der Waals surface area contributed by atoms with Gasteiger partial charge in [0.15, 0.2) is 0 Å². The Labute approximate surface area is 139 Å². The van der Waals surface area contributed by atoms with Crippen molar-refractivity contribution >= 4 is 27.9 Å². The number of halogens is 1. The number of nitrogens with zero attached hydrogens (tertiary/aromatic N) is 1. The molecule has 1 heterocycles. The Kier molecular flexibility index (Phi) is 5.11. The van der Waals surface area contributed by atoms with Crippen LogP contribution in [-0.2, 0) is 16.1 Å². The second-order valence-corrected chi connectivity index (χ2v) is 7.19. The summed E-state index contributed by atoms with van der Waals surface area (Å²) in [6.07, 6.45) is 0.0521. The molecule has 0 bridgehead atoms. The molecule has 5 nitrogen and oxygen atoms in total. The summed E-state index contributed by atoms with van der Waals surface area (Å²) in [4.78, 5) is 25.9. The quantitative estimate of drug-likeness (QED) is 0.891.